The maximum Gasteiger partial charge on any atom is 0.257 e. The Balaban J connectivity index is 1.26. The summed E-state index contributed by atoms with van der Waals surface area (Å²) in [5.74, 6) is 2.59. The highest BCUT2D eigenvalue weighted by Crippen LogP contribution is 2.24. The van der Waals surface area contributed by atoms with Gasteiger partial charge >= 0.3 is 0 Å². The first-order valence-corrected chi connectivity index (χ1v) is 10.5. The maximum absolute atomic E-state index is 12.1. The molecule has 1 amide bonds. The van der Waals surface area contributed by atoms with Crippen LogP contribution in [0.1, 0.15) is 30.9 Å². The fraction of sp³-hybridized carbons (Fsp3) is 0.381. The van der Waals surface area contributed by atoms with Crippen LogP contribution < -0.4 is 10.1 Å². The summed E-state index contributed by atoms with van der Waals surface area (Å²) < 4.78 is 8.89. The summed E-state index contributed by atoms with van der Waals surface area (Å²) in [5, 5.41) is 13.7. The third-order valence-electron chi connectivity index (χ3n) is 5.00. The fourth-order valence-electron chi connectivity index (χ4n) is 3.53. The third-order valence-corrected chi connectivity index (χ3v) is 5.49. The number of nitrogens with zero attached hydrogens (tertiary/aromatic N) is 3. The molecule has 2 aromatic carbocycles. The molecule has 0 saturated heterocycles. The summed E-state index contributed by atoms with van der Waals surface area (Å²) in [6, 6.07) is 11.9. The van der Waals surface area contributed by atoms with Crippen LogP contribution in [0.2, 0.25) is 0 Å². The van der Waals surface area contributed by atoms with E-state index in [2.05, 4.69) is 42.1 Å². The van der Waals surface area contributed by atoms with Gasteiger partial charge < -0.3 is 14.6 Å². The number of rotatable bonds is 6. The Bertz CT molecular complexity index is 986. The van der Waals surface area contributed by atoms with Gasteiger partial charge in [-0.1, -0.05) is 34.5 Å². The Morgan fingerprint density at radius 2 is 1.96 bits per heavy atom. The number of amides is 1. The minimum Gasteiger partial charge on any atom is -0.484 e. The molecule has 7 heteroatoms. The van der Waals surface area contributed by atoms with E-state index in [1.807, 2.05) is 30.3 Å². The van der Waals surface area contributed by atoms with Crippen molar-refractivity contribution in [2.75, 3.05) is 13.2 Å². The van der Waals surface area contributed by atoms with Gasteiger partial charge in [0.2, 0.25) is 0 Å². The Kier molecular flexibility index (Phi) is 5.90. The van der Waals surface area contributed by atoms with Crippen LogP contribution in [0.15, 0.2) is 40.9 Å². The Hall–Kier alpha value is -2.41. The van der Waals surface area contributed by atoms with E-state index in [0.717, 1.165) is 39.9 Å². The molecule has 0 saturated carbocycles. The van der Waals surface area contributed by atoms with Crippen molar-refractivity contribution in [2.45, 2.75) is 38.6 Å². The van der Waals surface area contributed by atoms with E-state index in [0.29, 0.717) is 18.7 Å². The second-order valence-electron chi connectivity index (χ2n) is 7.04. The molecule has 1 N–H and O–H groups in total. The molecule has 4 rings (SSSR count). The summed E-state index contributed by atoms with van der Waals surface area (Å²) >= 11 is 3.47. The number of hydrogen-bond donors (Lipinski definition) is 1. The van der Waals surface area contributed by atoms with Gasteiger partial charge in [0.25, 0.3) is 5.91 Å². The Morgan fingerprint density at radius 1 is 1.11 bits per heavy atom. The number of ether oxygens (including phenoxy) is 1. The molecule has 1 aliphatic rings. The van der Waals surface area contributed by atoms with Gasteiger partial charge in [0.15, 0.2) is 6.61 Å². The van der Waals surface area contributed by atoms with Crippen LogP contribution in [-0.2, 0) is 24.2 Å². The second kappa shape index (κ2) is 8.73. The lowest BCUT2D eigenvalue weighted by molar-refractivity contribution is -0.123. The van der Waals surface area contributed by atoms with E-state index in [1.165, 1.54) is 19.3 Å². The zero-order valence-corrected chi connectivity index (χ0v) is 17.2. The smallest absolute Gasteiger partial charge is 0.257 e. The molecular weight excluding hydrogens is 420 g/mol. The third kappa shape index (κ3) is 4.52. The van der Waals surface area contributed by atoms with E-state index < -0.39 is 0 Å². The number of aryl methyl sites for hydroxylation is 1. The molecule has 0 unspecified atom stereocenters. The average Bonchev–Trinajstić information content (AvgIpc) is 2.93. The molecule has 0 spiro atoms. The number of hydrogen-bond acceptors (Lipinski definition) is 4. The van der Waals surface area contributed by atoms with Crippen LogP contribution in [0.25, 0.3) is 10.8 Å². The van der Waals surface area contributed by atoms with E-state index in [9.17, 15) is 4.79 Å². The van der Waals surface area contributed by atoms with Crippen LogP contribution in [0.5, 0.6) is 5.75 Å². The molecule has 0 bridgehead atoms. The fourth-order valence-corrected chi connectivity index (χ4v) is 3.91. The van der Waals surface area contributed by atoms with Gasteiger partial charge in [0.05, 0.1) is 0 Å². The number of fused-ring (bicyclic) bond motifs is 2. The normalized spacial score (nSPS) is 13.8. The van der Waals surface area contributed by atoms with Crippen molar-refractivity contribution in [3.63, 3.8) is 0 Å². The van der Waals surface area contributed by atoms with E-state index >= 15 is 0 Å². The lowest BCUT2D eigenvalue weighted by Gasteiger charge is -2.09. The highest BCUT2D eigenvalue weighted by atomic mass is 79.9. The molecule has 0 aliphatic carbocycles. The molecule has 2 heterocycles. The summed E-state index contributed by atoms with van der Waals surface area (Å²) in [6.45, 7) is 1.51. The van der Waals surface area contributed by atoms with Gasteiger partial charge in [-0.15, -0.1) is 10.2 Å². The molecule has 146 valence electrons. The van der Waals surface area contributed by atoms with Crippen molar-refractivity contribution in [3.8, 4) is 5.75 Å². The molecule has 0 radical (unpaired) electrons. The minimum absolute atomic E-state index is 0.0000246. The van der Waals surface area contributed by atoms with E-state index in [1.54, 1.807) is 0 Å². The van der Waals surface area contributed by atoms with E-state index in [4.69, 9.17) is 4.74 Å². The largest absolute Gasteiger partial charge is 0.484 e. The van der Waals surface area contributed by atoms with Crippen LogP contribution in [0, 0.1) is 0 Å². The van der Waals surface area contributed by atoms with Crippen LogP contribution in [0.3, 0.4) is 0 Å². The Labute approximate surface area is 172 Å². The van der Waals surface area contributed by atoms with Gasteiger partial charge in [-0.3, -0.25) is 4.79 Å². The molecule has 0 fully saturated rings. The van der Waals surface area contributed by atoms with Gasteiger partial charge in [0, 0.05) is 30.4 Å². The predicted octanol–water partition coefficient (Wildman–Crippen LogP) is 3.66. The van der Waals surface area contributed by atoms with E-state index in [-0.39, 0.29) is 12.5 Å². The molecule has 3 aromatic rings. The van der Waals surface area contributed by atoms with Crippen molar-refractivity contribution in [1.29, 1.82) is 0 Å². The summed E-state index contributed by atoms with van der Waals surface area (Å²) in [5.41, 5.74) is 0. The van der Waals surface area contributed by atoms with Crippen LogP contribution in [-0.4, -0.2) is 33.8 Å². The SMILES string of the molecule is O=C(COc1ccc2cc(Br)ccc2c1)NCCc1nnc2n1CCCCC2. The van der Waals surface area contributed by atoms with Crippen molar-refractivity contribution in [3.05, 3.63) is 52.5 Å². The first kappa shape index (κ1) is 18.9. The van der Waals surface area contributed by atoms with Gasteiger partial charge in [-0.2, -0.15) is 0 Å². The standard InChI is InChI=1S/C21H23BrN4O2/c22-17-7-5-16-13-18(8-6-15(16)12-17)28-14-21(27)23-10-9-20-25-24-19-4-2-1-3-11-26(19)20/h5-8,12-13H,1-4,9-11,14H2,(H,23,27). The quantitative estimate of drug-likeness (QED) is 0.632. The highest BCUT2D eigenvalue weighted by molar-refractivity contribution is 9.10. The summed E-state index contributed by atoms with van der Waals surface area (Å²) in [6.07, 6.45) is 5.27. The van der Waals surface area contributed by atoms with Crippen molar-refractivity contribution in [2.24, 2.45) is 0 Å². The van der Waals surface area contributed by atoms with Crippen LogP contribution in [0.4, 0.5) is 0 Å². The first-order valence-electron chi connectivity index (χ1n) is 9.69. The van der Waals surface area contributed by atoms with Crippen molar-refractivity contribution in [1.82, 2.24) is 20.1 Å². The van der Waals surface area contributed by atoms with Crippen LogP contribution >= 0.6 is 15.9 Å². The lowest BCUT2D eigenvalue weighted by atomic mass is 10.1. The van der Waals surface area contributed by atoms with Gasteiger partial charge in [-0.05, 0) is 47.9 Å². The lowest BCUT2D eigenvalue weighted by Crippen LogP contribution is -2.31. The van der Waals surface area contributed by atoms with Crippen molar-refractivity contribution < 1.29 is 9.53 Å². The molecule has 0 atom stereocenters. The van der Waals surface area contributed by atoms with Crippen molar-refractivity contribution >= 4 is 32.6 Å². The first-order chi connectivity index (χ1) is 13.7. The second-order valence-corrected chi connectivity index (χ2v) is 7.95. The monoisotopic (exact) mass is 442 g/mol. The maximum atomic E-state index is 12.1. The average molecular weight is 443 g/mol. The number of halogens is 1. The summed E-state index contributed by atoms with van der Waals surface area (Å²) in [4.78, 5) is 12.1. The number of benzene rings is 2. The van der Waals surface area contributed by atoms with Gasteiger partial charge in [-0.25, -0.2) is 0 Å². The molecular formula is C21H23BrN4O2. The minimum atomic E-state index is -0.133. The molecule has 1 aliphatic heterocycles. The zero-order valence-electron chi connectivity index (χ0n) is 15.7. The number of carbonyl (C=O) groups is 1. The molecule has 6 nitrogen and oxygen atoms in total. The number of carbonyl (C=O) groups excluding carboxylic acids is 1. The predicted molar refractivity (Wildman–Crippen MR) is 111 cm³/mol. The molecule has 1 aromatic heterocycles. The Morgan fingerprint density at radius 3 is 2.89 bits per heavy atom. The number of aromatic nitrogens is 3. The zero-order chi connectivity index (χ0) is 19.3. The van der Waals surface area contributed by atoms with Gasteiger partial charge in [0.1, 0.15) is 17.4 Å². The molecule has 28 heavy (non-hydrogen) atoms. The summed E-state index contributed by atoms with van der Waals surface area (Å²) in [7, 11) is 0. The topological polar surface area (TPSA) is 69.0 Å². The highest BCUT2D eigenvalue weighted by Gasteiger charge is 2.14. The number of nitrogens with one attached hydrogen (secondary N) is 1.